The summed E-state index contributed by atoms with van der Waals surface area (Å²) in [6, 6.07) is 8.54. The van der Waals surface area contributed by atoms with E-state index in [-0.39, 0.29) is 0 Å². The van der Waals surface area contributed by atoms with Crippen molar-refractivity contribution in [3.8, 4) is 5.75 Å². The summed E-state index contributed by atoms with van der Waals surface area (Å²) in [5.74, 6) is 0.984. The highest BCUT2D eigenvalue weighted by atomic mass is 16.6. The highest BCUT2D eigenvalue weighted by Gasteiger charge is 2.22. The molecule has 2 nitrogen and oxygen atoms in total. The van der Waals surface area contributed by atoms with E-state index in [4.69, 9.17) is 9.47 Å². The Hall–Kier alpha value is -1.28. The monoisotopic (exact) mass is 330 g/mol. The van der Waals surface area contributed by atoms with Crippen molar-refractivity contribution in [1.82, 2.24) is 0 Å². The standard InChI is InChI=1S/C22H34O2/c1-2-3-4-5-6-7-8-9-10-11-12-14-20-15-13-16-21(17-20)23-18-22-19-24-22/h5-6,13,15-17,22H,2-4,7-12,14,18-19H2,1H3/b6-5+. The molecule has 1 aromatic rings. The van der Waals surface area contributed by atoms with E-state index in [0.29, 0.717) is 12.7 Å². The van der Waals surface area contributed by atoms with Crippen LogP contribution in [0.1, 0.15) is 70.3 Å². The molecule has 0 amide bonds. The topological polar surface area (TPSA) is 21.8 Å². The number of rotatable bonds is 14. The van der Waals surface area contributed by atoms with Crippen LogP contribution in [0.4, 0.5) is 0 Å². The van der Waals surface area contributed by atoms with Crippen molar-refractivity contribution in [3.63, 3.8) is 0 Å². The molecule has 0 aliphatic carbocycles. The van der Waals surface area contributed by atoms with Gasteiger partial charge in [-0.3, -0.25) is 0 Å². The molecule has 134 valence electrons. The molecule has 2 heteroatoms. The zero-order chi connectivity index (χ0) is 16.9. The van der Waals surface area contributed by atoms with Gasteiger partial charge >= 0.3 is 0 Å². The predicted octanol–water partition coefficient (Wildman–Crippen LogP) is 6.09. The summed E-state index contributed by atoms with van der Waals surface area (Å²) < 4.78 is 10.9. The second-order valence-corrected chi connectivity index (χ2v) is 6.83. The van der Waals surface area contributed by atoms with Gasteiger partial charge in [-0.2, -0.15) is 0 Å². The number of allylic oxidation sites excluding steroid dienone is 2. The summed E-state index contributed by atoms with van der Waals surface area (Å²) in [6.45, 7) is 3.80. The molecule has 0 spiro atoms. The molecule has 0 aromatic heterocycles. The van der Waals surface area contributed by atoms with Gasteiger partial charge in [-0.15, -0.1) is 0 Å². The molecular weight excluding hydrogens is 296 g/mol. The Morgan fingerprint density at radius 2 is 1.79 bits per heavy atom. The maximum absolute atomic E-state index is 5.75. The highest BCUT2D eigenvalue weighted by molar-refractivity contribution is 5.28. The second-order valence-electron chi connectivity index (χ2n) is 6.83. The van der Waals surface area contributed by atoms with Crippen LogP contribution < -0.4 is 4.74 Å². The highest BCUT2D eigenvalue weighted by Crippen LogP contribution is 2.18. The molecule has 1 unspecified atom stereocenters. The number of unbranched alkanes of at least 4 members (excludes halogenated alkanes) is 7. The quantitative estimate of drug-likeness (QED) is 0.234. The van der Waals surface area contributed by atoms with E-state index in [2.05, 4.69) is 37.3 Å². The molecule has 1 aliphatic rings. The molecule has 2 rings (SSSR count). The lowest BCUT2D eigenvalue weighted by Gasteiger charge is -2.07. The molecule has 1 aliphatic heterocycles. The average molecular weight is 331 g/mol. The lowest BCUT2D eigenvalue weighted by Crippen LogP contribution is -2.04. The summed E-state index contributed by atoms with van der Waals surface area (Å²) in [4.78, 5) is 0. The number of hydrogen-bond donors (Lipinski definition) is 0. The summed E-state index contributed by atoms with van der Waals surface area (Å²) in [6.07, 6.45) is 18.0. The summed E-state index contributed by atoms with van der Waals surface area (Å²) >= 11 is 0. The predicted molar refractivity (Wildman–Crippen MR) is 102 cm³/mol. The smallest absolute Gasteiger partial charge is 0.119 e. The van der Waals surface area contributed by atoms with Crippen molar-refractivity contribution in [2.45, 2.75) is 77.2 Å². The minimum atomic E-state index is 0.329. The Morgan fingerprint density at radius 3 is 2.58 bits per heavy atom. The van der Waals surface area contributed by atoms with Crippen LogP contribution in [-0.4, -0.2) is 19.3 Å². The molecule has 0 radical (unpaired) electrons. The van der Waals surface area contributed by atoms with E-state index in [1.807, 2.05) is 6.07 Å². The van der Waals surface area contributed by atoms with Gasteiger partial charge in [0.15, 0.2) is 0 Å². The van der Waals surface area contributed by atoms with Crippen molar-refractivity contribution < 1.29 is 9.47 Å². The zero-order valence-electron chi connectivity index (χ0n) is 15.3. The largest absolute Gasteiger partial charge is 0.491 e. The van der Waals surface area contributed by atoms with Gasteiger partial charge in [-0.1, -0.05) is 63.3 Å². The lowest BCUT2D eigenvalue weighted by atomic mass is 10.0. The van der Waals surface area contributed by atoms with Crippen molar-refractivity contribution in [1.29, 1.82) is 0 Å². The molecule has 1 fully saturated rings. The van der Waals surface area contributed by atoms with Crippen LogP contribution in [0.2, 0.25) is 0 Å². The third-order valence-electron chi connectivity index (χ3n) is 4.46. The van der Waals surface area contributed by atoms with Gasteiger partial charge in [0.1, 0.15) is 18.5 Å². The Morgan fingerprint density at radius 1 is 1.04 bits per heavy atom. The van der Waals surface area contributed by atoms with Gasteiger partial charge in [0, 0.05) is 0 Å². The first kappa shape index (κ1) is 19.1. The molecule has 1 atom stereocenters. The van der Waals surface area contributed by atoms with Crippen LogP contribution in [-0.2, 0) is 11.2 Å². The Labute approximate surface area is 148 Å². The van der Waals surface area contributed by atoms with E-state index in [9.17, 15) is 0 Å². The van der Waals surface area contributed by atoms with Crippen molar-refractivity contribution in [2.24, 2.45) is 0 Å². The second kappa shape index (κ2) is 12.1. The summed E-state index contributed by atoms with van der Waals surface area (Å²) in [5, 5.41) is 0. The summed E-state index contributed by atoms with van der Waals surface area (Å²) in [7, 11) is 0. The minimum Gasteiger partial charge on any atom is -0.491 e. The molecule has 1 heterocycles. The van der Waals surface area contributed by atoms with Gasteiger partial charge in [0.05, 0.1) is 6.61 Å². The van der Waals surface area contributed by atoms with E-state index in [1.54, 1.807) is 0 Å². The molecule has 24 heavy (non-hydrogen) atoms. The van der Waals surface area contributed by atoms with E-state index < -0.39 is 0 Å². The normalized spacial score (nSPS) is 16.6. The molecule has 1 aromatic carbocycles. The fourth-order valence-corrected chi connectivity index (χ4v) is 2.82. The first-order valence-corrected chi connectivity index (χ1v) is 9.87. The maximum atomic E-state index is 5.75. The molecule has 1 saturated heterocycles. The SMILES string of the molecule is CCCC/C=C/CCCCCCCc1cccc(OCC2CO2)c1. The third kappa shape index (κ3) is 9.12. The van der Waals surface area contributed by atoms with Crippen LogP contribution in [0.25, 0.3) is 0 Å². The molecule has 0 N–H and O–H groups in total. The molecule has 0 saturated carbocycles. The number of hydrogen-bond acceptors (Lipinski definition) is 2. The summed E-state index contributed by atoms with van der Waals surface area (Å²) in [5.41, 5.74) is 1.39. The maximum Gasteiger partial charge on any atom is 0.119 e. The van der Waals surface area contributed by atoms with Crippen molar-refractivity contribution in [3.05, 3.63) is 42.0 Å². The van der Waals surface area contributed by atoms with Crippen molar-refractivity contribution in [2.75, 3.05) is 13.2 Å². The van der Waals surface area contributed by atoms with Crippen molar-refractivity contribution >= 4 is 0 Å². The van der Waals surface area contributed by atoms with Gasteiger partial charge in [-0.05, 0) is 49.8 Å². The number of epoxide rings is 1. The number of ether oxygens (including phenoxy) is 2. The van der Waals surface area contributed by atoms with Gasteiger partial charge in [0.25, 0.3) is 0 Å². The number of benzene rings is 1. The Bertz CT molecular complexity index is 463. The number of aryl methyl sites for hydroxylation is 1. The average Bonchev–Trinajstić information content (AvgIpc) is 3.43. The zero-order valence-corrected chi connectivity index (χ0v) is 15.3. The first-order chi connectivity index (χ1) is 11.9. The van der Waals surface area contributed by atoms with E-state index >= 15 is 0 Å². The van der Waals surface area contributed by atoms with Crippen LogP contribution in [0, 0.1) is 0 Å². The fourth-order valence-electron chi connectivity index (χ4n) is 2.82. The van der Waals surface area contributed by atoms with Crippen LogP contribution >= 0.6 is 0 Å². The molecule has 0 bridgehead atoms. The van der Waals surface area contributed by atoms with E-state index in [0.717, 1.165) is 18.8 Å². The van der Waals surface area contributed by atoms with E-state index in [1.165, 1.54) is 63.4 Å². The van der Waals surface area contributed by atoms with Gasteiger partial charge in [0.2, 0.25) is 0 Å². The van der Waals surface area contributed by atoms with Gasteiger partial charge in [-0.25, -0.2) is 0 Å². The van der Waals surface area contributed by atoms with Crippen LogP contribution in [0.3, 0.4) is 0 Å². The Kier molecular flexibility index (Phi) is 9.63. The van der Waals surface area contributed by atoms with Crippen LogP contribution in [0.15, 0.2) is 36.4 Å². The van der Waals surface area contributed by atoms with Crippen LogP contribution in [0.5, 0.6) is 5.75 Å². The lowest BCUT2D eigenvalue weighted by molar-refractivity contribution is 0.263. The fraction of sp³-hybridized carbons (Fsp3) is 0.636. The van der Waals surface area contributed by atoms with Gasteiger partial charge < -0.3 is 9.47 Å². The first-order valence-electron chi connectivity index (χ1n) is 9.87. The molecular formula is C22H34O2. The Balaban J connectivity index is 1.46. The third-order valence-corrected chi connectivity index (χ3v) is 4.46. The minimum absolute atomic E-state index is 0.329.